The summed E-state index contributed by atoms with van der Waals surface area (Å²) in [5.74, 6) is 0.508. The van der Waals surface area contributed by atoms with Crippen LogP contribution in [0, 0.1) is 0 Å². The highest BCUT2D eigenvalue weighted by molar-refractivity contribution is 7.80. The van der Waals surface area contributed by atoms with E-state index in [4.69, 9.17) is 40.4 Å². The van der Waals surface area contributed by atoms with Crippen LogP contribution in [0.25, 0.3) is 11.3 Å². The molecule has 1 aliphatic heterocycles. The maximum Gasteiger partial charge on any atom is 0.227 e. The van der Waals surface area contributed by atoms with E-state index in [1.165, 1.54) is 5.56 Å². The smallest absolute Gasteiger partial charge is 0.227 e. The number of nitrogens with one attached hydrogen (secondary N) is 2. The van der Waals surface area contributed by atoms with Gasteiger partial charge in [-0.05, 0) is 75.4 Å². The van der Waals surface area contributed by atoms with Crippen molar-refractivity contribution in [1.29, 1.82) is 0 Å². The molecule has 160 valence electrons. The number of thiocarbonyl (C=S) groups is 1. The second-order valence-corrected chi connectivity index (χ2v) is 9.23. The molecule has 0 unspecified atom stereocenters. The van der Waals surface area contributed by atoms with Crippen LogP contribution >= 0.6 is 35.4 Å². The fraction of sp³-hybridized carbons (Fsp3) is 0.261. The number of halogens is 2. The van der Waals surface area contributed by atoms with Crippen molar-refractivity contribution in [3.8, 4) is 11.3 Å². The van der Waals surface area contributed by atoms with Crippen molar-refractivity contribution in [2.75, 3.05) is 31.3 Å². The Kier molecular flexibility index (Phi) is 6.72. The lowest BCUT2D eigenvalue weighted by molar-refractivity contribution is 0.400. The van der Waals surface area contributed by atoms with Crippen molar-refractivity contribution < 1.29 is 0 Å². The van der Waals surface area contributed by atoms with E-state index in [9.17, 15) is 0 Å². The number of anilines is 3. The van der Waals surface area contributed by atoms with Crippen LogP contribution in [0.2, 0.25) is 10.0 Å². The predicted molar refractivity (Wildman–Crippen MR) is 134 cm³/mol. The number of rotatable bonds is 6. The van der Waals surface area contributed by atoms with Gasteiger partial charge in [0.25, 0.3) is 0 Å². The van der Waals surface area contributed by atoms with E-state index in [2.05, 4.69) is 40.7 Å². The third-order valence-corrected chi connectivity index (χ3v) is 5.71. The van der Waals surface area contributed by atoms with Crippen molar-refractivity contribution >= 4 is 57.7 Å². The molecule has 0 bridgehead atoms. The van der Waals surface area contributed by atoms with Crippen LogP contribution in [0.5, 0.6) is 0 Å². The Labute approximate surface area is 197 Å². The monoisotopic (exact) mass is 471 g/mol. The Balaban J connectivity index is 1.62. The van der Waals surface area contributed by atoms with Crippen LogP contribution < -0.4 is 10.6 Å². The van der Waals surface area contributed by atoms with Crippen LogP contribution in [0.3, 0.4) is 0 Å². The molecule has 0 radical (unpaired) electrons. The van der Waals surface area contributed by atoms with E-state index in [-0.39, 0.29) is 0 Å². The minimum absolute atomic E-state index is 0.508. The molecule has 0 fully saturated rings. The van der Waals surface area contributed by atoms with Crippen molar-refractivity contribution in [1.82, 2.24) is 14.9 Å². The van der Waals surface area contributed by atoms with E-state index < -0.39 is 0 Å². The molecule has 3 aromatic rings. The summed E-state index contributed by atoms with van der Waals surface area (Å²) < 4.78 is 0. The Morgan fingerprint density at radius 3 is 2.77 bits per heavy atom. The first kappa shape index (κ1) is 22.0. The summed E-state index contributed by atoms with van der Waals surface area (Å²) in [7, 11) is 4.16. The molecule has 0 saturated carbocycles. The molecule has 4 rings (SSSR count). The first-order chi connectivity index (χ1) is 14.9. The summed E-state index contributed by atoms with van der Waals surface area (Å²) >= 11 is 18.0. The summed E-state index contributed by atoms with van der Waals surface area (Å²) in [5, 5.41) is 7.90. The topological polar surface area (TPSA) is 53.1 Å². The average Bonchev–Trinajstić information content (AvgIpc) is 2.82. The Bertz CT molecular complexity index is 1130. The van der Waals surface area contributed by atoms with Crippen molar-refractivity contribution in [2.45, 2.75) is 19.3 Å². The number of benzene rings is 2. The lowest BCUT2D eigenvalue weighted by Crippen LogP contribution is -2.13. The quantitative estimate of drug-likeness (QED) is 0.431. The molecule has 0 atom stereocenters. The van der Waals surface area contributed by atoms with Crippen molar-refractivity contribution in [3.05, 3.63) is 63.8 Å². The van der Waals surface area contributed by atoms with Gasteiger partial charge in [-0.2, -0.15) is 0 Å². The third kappa shape index (κ3) is 5.52. The van der Waals surface area contributed by atoms with Crippen molar-refractivity contribution in [2.24, 2.45) is 0 Å². The predicted octanol–water partition coefficient (Wildman–Crippen LogP) is 5.98. The lowest BCUT2D eigenvalue weighted by Gasteiger charge is -2.13. The molecular formula is C23H23Cl2N5S. The fourth-order valence-corrected chi connectivity index (χ4v) is 4.31. The molecule has 0 saturated heterocycles. The highest BCUT2D eigenvalue weighted by atomic mass is 35.5. The summed E-state index contributed by atoms with van der Waals surface area (Å²) in [4.78, 5) is 12.2. The molecule has 5 nitrogen and oxygen atoms in total. The van der Waals surface area contributed by atoms with Crippen LogP contribution in [0.1, 0.15) is 17.5 Å². The Hall–Kier alpha value is -2.25. The zero-order valence-corrected chi connectivity index (χ0v) is 19.7. The van der Waals surface area contributed by atoms with E-state index in [1.807, 2.05) is 36.5 Å². The highest BCUT2D eigenvalue weighted by Gasteiger charge is 2.19. The summed E-state index contributed by atoms with van der Waals surface area (Å²) in [6, 6.07) is 11.7. The minimum Gasteiger partial charge on any atom is -0.349 e. The molecule has 2 aromatic carbocycles. The number of nitrogens with zero attached hydrogens (tertiary/aromatic N) is 3. The van der Waals surface area contributed by atoms with Gasteiger partial charge in [0.2, 0.25) is 5.95 Å². The van der Waals surface area contributed by atoms with E-state index in [0.717, 1.165) is 47.6 Å². The molecule has 1 aliphatic rings. The van der Waals surface area contributed by atoms with Gasteiger partial charge in [0.15, 0.2) is 0 Å². The molecule has 1 aromatic heterocycles. The van der Waals surface area contributed by atoms with Crippen molar-refractivity contribution in [3.63, 3.8) is 0 Å². The molecule has 0 amide bonds. The molecule has 2 heterocycles. The van der Waals surface area contributed by atoms with Gasteiger partial charge in [-0.3, -0.25) is 0 Å². The molecular weight excluding hydrogens is 449 g/mol. The second kappa shape index (κ2) is 9.49. The normalized spacial score (nSPS) is 12.7. The Morgan fingerprint density at radius 1 is 1.13 bits per heavy atom. The first-order valence-corrected chi connectivity index (χ1v) is 11.2. The zero-order chi connectivity index (χ0) is 22.0. The van der Waals surface area contributed by atoms with Gasteiger partial charge in [-0.1, -0.05) is 35.4 Å². The number of aromatic nitrogens is 2. The third-order valence-electron chi connectivity index (χ3n) is 5.01. The molecule has 31 heavy (non-hydrogen) atoms. The van der Waals surface area contributed by atoms with Gasteiger partial charge in [0.1, 0.15) is 0 Å². The molecule has 2 N–H and O–H groups in total. The average molecular weight is 472 g/mol. The number of aryl methyl sites for hydroxylation is 1. The minimum atomic E-state index is 0.508. The standard InChI is InChI=1S/C23H23Cl2N5S/c1-30(2)7-3-4-14-8-17(25)11-18(9-14)27-23-26-13-15-10-21(31)28-20-12-16(24)5-6-19(20)22(15)29-23/h5-6,8-9,11-13H,3-4,7,10H2,1-2H3,(H,28,31)(H,26,27,29). The summed E-state index contributed by atoms with van der Waals surface area (Å²) in [6.45, 7) is 1.03. The van der Waals surface area contributed by atoms with Gasteiger partial charge >= 0.3 is 0 Å². The number of hydrogen-bond donors (Lipinski definition) is 2. The Morgan fingerprint density at radius 2 is 1.97 bits per heavy atom. The number of fused-ring (bicyclic) bond motifs is 3. The summed E-state index contributed by atoms with van der Waals surface area (Å²) in [5.41, 5.74) is 5.66. The van der Waals surface area contributed by atoms with Gasteiger partial charge in [-0.15, -0.1) is 0 Å². The van der Waals surface area contributed by atoms with Gasteiger partial charge in [-0.25, -0.2) is 9.97 Å². The largest absolute Gasteiger partial charge is 0.349 e. The number of hydrogen-bond acceptors (Lipinski definition) is 5. The fourth-order valence-electron chi connectivity index (χ4n) is 3.62. The van der Waals surface area contributed by atoms with E-state index in [0.29, 0.717) is 27.4 Å². The maximum absolute atomic E-state index is 6.37. The first-order valence-electron chi connectivity index (χ1n) is 10.0. The molecule has 0 aliphatic carbocycles. The van der Waals surface area contributed by atoms with Gasteiger partial charge in [0.05, 0.1) is 10.7 Å². The highest BCUT2D eigenvalue weighted by Crippen LogP contribution is 2.35. The van der Waals surface area contributed by atoms with Crippen LogP contribution in [0.15, 0.2) is 42.6 Å². The van der Waals surface area contributed by atoms with E-state index >= 15 is 0 Å². The van der Waals surface area contributed by atoms with Gasteiger partial charge in [0, 0.05) is 45.2 Å². The van der Waals surface area contributed by atoms with E-state index in [1.54, 1.807) is 0 Å². The van der Waals surface area contributed by atoms with Gasteiger partial charge < -0.3 is 15.5 Å². The van der Waals surface area contributed by atoms with Crippen LogP contribution in [-0.2, 0) is 12.8 Å². The SMILES string of the molecule is CN(C)CCCc1cc(Cl)cc(Nc2ncc3c(n2)-c2ccc(Cl)cc2NC(=S)C3)c1. The molecule has 0 spiro atoms. The lowest BCUT2D eigenvalue weighted by atomic mass is 10.1. The maximum atomic E-state index is 6.37. The summed E-state index contributed by atoms with van der Waals surface area (Å²) in [6.07, 6.45) is 4.42. The zero-order valence-electron chi connectivity index (χ0n) is 17.4. The second-order valence-electron chi connectivity index (χ2n) is 7.86. The molecule has 8 heteroatoms. The van der Waals surface area contributed by atoms with Crippen LogP contribution in [-0.4, -0.2) is 40.5 Å². The van der Waals surface area contributed by atoms with Crippen LogP contribution in [0.4, 0.5) is 17.3 Å².